The number of amidine groups is 1. The Balaban J connectivity index is 1.80. The number of thioether (sulfide) groups is 1. The third-order valence-electron chi connectivity index (χ3n) is 4.51. The van der Waals surface area contributed by atoms with Crippen LogP contribution in [-0.4, -0.2) is 41.7 Å². The summed E-state index contributed by atoms with van der Waals surface area (Å²) in [6.45, 7) is 2.58. The van der Waals surface area contributed by atoms with Crippen LogP contribution >= 0.6 is 11.8 Å². The van der Waals surface area contributed by atoms with E-state index in [1.165, 1.54) is 11.8 Å². The van der Waals surface area contributed by atoms with E-state index >= 15 is 0 Å². The van der Waals surface area contributed by atoms with E-state index in [0.717, 1.165) is 24.0 Å². The molecule has 0 radical (unpaired) electrons. The van der Waals surface area contributed by atoms with Crippen LogP contribution in [0.1, 0.15) is 30.9 Å². The van der Waals surface area contributed by atoms with Crippen LogP contribution in [-0.2, 0) is 11.3 Å². The number of carbonyl (C=O) groups is 1. The number of ether oxygens (including phenoxy) is 2. The number of nitrogens with zero attached hydrogens (tertiary/aromatic N) is 3. The van der Waals surface area contributed by atoms with Crippen molar-refractivity contribution in [3.63, 3.8) is 0 Å². The second kappa shape index (κ2) is 10.1. The van der Waals surface area contributed by atoms with Crippen LogP contribution in [0.15, 0.2) is 58.7 Å². The van der Waals surface area contributed by atoms with E-state index in [4.69, 9.17) is 9.47 Å². The highest BCUT2D eigenvalue weighted by molar-refractivity contribution is 8.15. The molecular weight excluding hydrogens is 386 g/mol. The number of amides is 1. The van der Waals surface area contributed by atoms with Crippen molar-refractivity contribution < 1.29 is 14.3 Å². The maximum atomic E-state index is 12.8. The standard InChI is InChI=1S/C22H25N3O3S/c1-4-8-20-21(26)25(15-16-9-6-5-7-10-16)22(29-20)24-23-14-17-11-12-18(27-2)19(13-17)28-3/h5-7,9-14,20H,4,8,15H2,1-3H3/b23-14-,24-22-/t20-/m1/s1. The summed E-state index contributed by atoms with van der Waals surface area (Å²) in [6, 6.07) is 15.5. The number of benzene rings is 2. The van der Waals surface area contributed by atoms with E-state index in [1.807, 2.05) is 48.5 Å². The normalized spacial score (nSPS) is 18.0. The van der Waals surface area contributed by atoms with Gasteiger partial charge in [0.25, 0.3) is 0 Å². The molecule has 0 bridgehead atoms. The van der Waals surface area contributed by atoms with Crippen molar-refractivity contribution in [1.29, 1.82) is 0 Å². The Kier molecular flexibility index (Phi) is 7.30. The Bertz CT molecular complexity index is 899. The monoisotopic (exact) mass is 411 g/mol. The van der Waals surface area contributed by atoms with Crippen molar-refractivity contribution in [1.82, 2.24) is 4.90 Å². The summed E-state index contributed by atoms with van der Waals surface area (Å²) in [5.41, 5.74) is 1.90. The van der Waals surface area contributed by atoms with Crippen LogP contribution < -0.4 is 9.47 Å². The average molecular weight is 412 g/mol. The molecule has 1 heterocycles. The van der Waals surface area contributed by atoms with Gasteiger partial charge in [-0.05, 0) is 35.7 Å². The first-order valence-corrected chi connectivity index (χ1v) is 10.4. The lowest BCUT2D eigenvalue weighted by Gasteiger charge is -2.15. The first-order chi connectivity index (χ1) is 14.2. The third-order valence-corrected chi connectivity index (χ3v) is 5.75. The molecule has 0 saturated carbocycles. The topological polar surface area (TPSA) is 63.5 Å². The van der Waals surface area contributed by atoms with E-state index < -0.39 is 0 Å². The number of carbonyl (C=O) groups excluding carboxylic acids is 1. The van der Waals surface area contributed by atoms with Crippen molar-refractivity contribution in [2.45, 2.75) is 31.6 Å². The van der Waals surface area contributed by atoms with E-state index in [1.54, 1.807) is 25.3 Å². The van der Waals surface area contributed by atoms with Gasteiger partial charge in [0.15, 0.2) is 16.7 Å². The summed E-state index contributed by atoms with van der Waals surface area (Å²) in [5, 5.41) is 9.12. The first-order valence-electron chi connectivity index (χ1n) is 9.51. The molecule has 1 fully saturated rings. The van der Waals surface area contributed by atoms with Crippen molar-refractivity contribution in [2.24, 2.45) is 10.2 Å². The summed E-state index contributed by atoms with van der Waals surface area (Å²) >= 11 is 1.49. The van der Waals surface area contributed by atoms with Gasteiger partial charge in [0.05, 0.1) is 32.2 Å². The largest absolute Gasteiger partial charge is 0.493 e. The molecule has 0 aliphatic carbocycles. The molecule has 2 aromatic carbocycles. The molecule has 7 heteroatoms. The van der Waals surface area contributed by atoms with Crippen molar-refractivity contribution >= 4 is 29.1 Å². The highest BCUT2D eigenvalue weighted by Gasteiger charge is 2.37. The zero-order chi connectivity index (χ0) is 20.6. The molecule has 0 N–H and O–H groups in total. The van der Waals surface area contributed by atoms with E-state index in [2.05, 4.69) is 17.1 Å². The molecule has 0 aromatic heterocycles. The second-order valence-corrected chi connectivity index (χ2v) is 7.72. The van der Waals surface area contributed by atoms with Crippen LogP contribution in [0.4, 0.5) is 0 Å². The smallest absolute Gasteiger partial charge is 0.242 e. The van der Waals surface area contributed by atoms with Gasteiger partial charge in [0.1, 0.15) is 0 Å². The number of rotatable bonds is 8. The van der Waals surface area contributed by atoms with Gasteiger partial charge >= 0.3 is 0 Å². The van der Waals surface area contributed by atoms with Crippen molar-refractivity contribution in [3.05, 3.63) is 59.7 Å². The Morgan fingerprint density at radius 1 is 1.10 bits per heavy atom. The predicted molar refractivity (Wildman–Crippen MR) is 118 cm³/mol. The van der Waals surface area contributed by atoms with Crippen LogP contribution in [0.2, 0.25) is 0 Å². The Morgan fingerprint density at radius 3 is 2.55 bits per heavy atom. The molecular formula is C22H25N3O3S. The van der Waals surface area contributed by atoms with E-state index in [9.17, 15) is 4.79 Å². The molecule has 0 unspecified atom stereocenters. The summed E-state index contributed by atoms with van der Waals surface area (Å²) < 4.78 is 10.6. The first kappa shape index (κ1) is 20.9. The zero-order valence-electron chi connectivity index (χ0n) is 16.9. The lowest BCUT2D eigenvalue weighted by molar-refractivity contribution is -0.126. The fourth-order valence-corrected chi connectivity index (χ4v) is 4.23. The molecule has 1 aliphatic heterocycles. The predicted octanol–water partition coefficient (Wildman–Crippen LogP) is 4.34. The molecule has 29 heavy (non-hydrogen) atoms. The molecule has 1 aliphatic rings. The average Bonchev–Trinajstić information content (AvgIpc) is 3.03. The lowest BCUT2D eigenvalue weighted by Crippen LogP contribution is -2.31. The van der Waals surface area contributed by atoms with Crippen LogP contribution in [0.3, 0.4) is 0 Å². The minimum Gasteiger partial charge on any atom is -0.493 e. The van der Waals surface area contributed by atoms with Crippen molar-refractivity contribution in [3.8, 4) is 11.5 Å². The molecule has 152 valence electrons. The Morgan fingerprint density at radius 2 is 1.86 bits per heavy atom. The summed E-state index contributed by atoms with van der Waals surface area (Å²) in [4.78, 5) is 14.6. The van der Waals surface area contributed by atoms with Gasteiger partial charge in [-0.1, -0.05) is 55.4 Å². The fraction of sp³-hybridized carbons (Fsp3) is 0.318. The SMILES string of the molecule is CCC[C@H]1S/C(=N\N=C/c2ccc(OC)c(OC)c2)N(Cc2ccccc2)C1=O. The maximum absolute atomic E-state index is 12.8. The molecule has 1 saturated heterocycles. The van der Waals surface area contributed by atoms with Gasteiger partial charge in [-0.3, -0.25) is 9.69 Å². The van der Waals surface area contributed by atoms with E-state index in [0.29, 0.717) is 23.2 Å². The van der Waals surface area contributed by atoms with Crippen LogP contribution in [0, 0.1) is 0 Å². The molecule has 3 rings (SSSR count). The Hall–Kier alpha value is -2.80. The van der Waals surface area contributed by atoms with Crippen LogP contribution in [0.25, 0.3) is 0 Å². The number of methoxy groups -OCH3 is 2. The Labute approximate surface area is 175 Å². The quantitative estimate of drug-likeness (QED) is 0.479. The highest BCUT2D eigenvalue weighted by atomic mass is 32.2. The van der Waals surface area contributed by atoms with Gasteiger partial charge in [0.2, 0.25) is 5.91 Å². The van der Waals surface area contributed by atoms with Gasteiger partial charge < -0.3 is 9.47 Å². The minimum atomic E-state index is -0.0984. The third kappa shape index (κ3) is 5.17. The summed E-state index contributed by atoms with van der Waals surface area (Å²) in [6.07, 6.45) is 3.42. The van der Waals surface area contributed by atoms with Gasteiger partial charge in [-0.15, -0.1) is 5.10 Å². The van der Waals surface area contributed by atoms with Gasteiger partial charge in [-0.2, -0.15) is 5.10 Å². The minimum absolute atomic E-state index is 0.0979. The maximum Gasteiger partial charge on any atom is 0.242 e. The lowest BCUT2D eigenvalue weighted by atomic mass is 10.2. The molecule has 1 amide bonds. The molecule has 2 aromatic rings. The molecule has 1 atom stereocenters. The number of hydrogen-bond acceptors (Lipinski definition) is 6. The summed E-state index contributed by atoms with van der Waals surface area (Å²) in [7, 11) is 3.19. The van der Waals surface area contributed by atoms with E-state index in [-0.39, 0.29) is 11.2 Å². The van der Waals surface area contributed by atoms with Gasteiger partial charge in [0, 0.05) is 0 Å². The van der Waals surface area contributed by atoms with Crippen LogP contribution in [0.5, 0.6) is 11.5 Å². The number of hydrogen-bond donors (Lipinski definition) is 0. The highest BCUT2D eigenvalue weighted by Crippen LogP contribution is 2.32. The fourth-order valence-electron chi connectivity index (χ4n) is 3.02. The zero-order valence-corrected chi connectivity index (χ0v) is 17.7. The second-order valence-electron chi connectivity index (χ2n) is 6.55. The summed E-state index contributed by atoms with van der Waals surface area (Å²) in [5.74, 6) is 1.38. The molecule has 6 nitrogen and oxygen atoms in total. The van der Waals surface area contributed by atoms with Crippen molar-refractivity contribution in [2.75, 3.05) is 14.2 Å². The molecule has 0 spiro atoms. The van der Waals surface area contributed by atoms with Gasteiger partial charge in [-0.25, -0.2) is 0 Å².